The number of hydrogen-bond acceptors (Lipinski definition) is 4. The van der Waals surface area contributed by atoms with Crippen LogP contribution >= 0.6 is 0 Å². The van der Waals surface area contributed by atoms with Crippen LogP contribution in [0.4, 0.5) is 0 Å². The number of carboxylic acids is 1. The molecule has 1 rings (SSSR count). The van der Waals surface area contributed by atoms with E-state index in [1.165, 1.54) is 18.2 Å². The van der Waals surface area contributed by atoms with Crippen molar-refractivity contribution >= 4 is 16.0 Å². The Labute approximate surface area is 111 Å². The van der Waals surface area contributed by atoms with E-state index in [0.29, 0.717) is 6.42 Å². The second-order valence-corrected chi connectivity index (χ2v) is 5.64. The first-order chi connectivity index (χ1) is 8.90. The SMILES string of the molecule is CCC(CC#N)NS(=O)(=O)c1cccc(C(=O)O)c1. The van der Waals surface area contributed by atoms with Crippen LogP contribution in [0.2, 0.25) is 0 Å². The molecule has 1 aromatic carbocycles. The van der Waals surface area contributed by atoms with E-state index in [1.54, 1.807) is 6.92 Å². The monoisotopic (exact) mass is 282 g/mol. The van der Waals surface area contributed by atoms with Gasteiger partial charge in [-0.1, -0.05) is 13.0 Å². The normalized spacial score (nSPS) is 12.6. The summed E-state index contributed by atoms with van der Waals surface area (Å²) in [5, 5.41) is 17.4. The quantitative estimate of drug-likeness (QED) is 0.819. The topological polar surface area (TPSA) is 107 Å². The molecule has 1 atom stereocenters. The van der Waals surface area contributed by atoms with Crippen molar-refractivity contribution in [3.8, 4) is 6.07 Å². The summed E-state index contributed by atoms with van der Waals surface area (Å²) in [4.78, 5) is 10.7. The number of rotatable bonds is 6. The van der Waals surface area contributed by atoms with Crippen LogP contribution in [0.3, 0.4) is 0 Å². The second kappa shape index (κ2) is 6.31. The summed E-state index contributed by atoms with van der Waals surface area (Å²) < 4.78 is 26.5. The second-order valence-electron chi connectivity index (χ2n) is 3.92. The summed E-state index contributed by atoms with van der Waals surface area (Å²) >= 11 is 0. The van der Waals surface area contributed by atoms with E-state index in [9.17, 15) is 13.2 Å². The Bertz CT molecular complexity index is 604. The highest BCUT2D eigenvalue weighted by molar-refractivity contribution is 7.89. The average molecular weight is 282 g/mol. The molecular weight excluding hydrogens is 268 g/mol. The molecule has 0 fully saturated rings. The van der Waals surface area contributed by atoms with Gasteiger partial charge in [0.05, 0.1) is 22.9 Å². The van der Waals surface area contributed by atoms with E-state index in [-0.39, 0.29) is 16.9 Å². The van der Waals surface area contributed by atoms with Gasteiger partial charge >= 0.3 is 5.97 Å². The summed E-state index contributed by atoms with van der Waals surface area (Å²) in [5.41, 5.74) is -0.101. The van der Waals surface area contributed by atoms with E-state index in [1.807, 2.05) is 6.07 Å². The number of benzene rings is 1. The maximum atomic E-state index is 12.0. The molecule has 0 bridgehead atoms. The number of nitriles is 1. The largest absolute Gasteiger partial charge is 0.478 e. The van der Waals surface area contributed by atoms with Gasteiger partial charge in [-0.05, 0) is 24.6 Å². The zero-order valence-electron chi connectivity index (χ0n) is 10.3. The van der Waals surface area contributed by atoms with Gasteiger partial charge in [0.1, 0.15) is 0 Å². The first kappa shape index (κ1) is 15.1. The van der Waals surface area contributed by atoms with Crippen molar-refractivity contribution in [3.05, 3.63) is 29.8 Å². The van der Waals surface area contributed by atoms with Gasteiger partial charge in [-0.15, -0.1) is 0 Å². The first-order valence-electron chi connectivity index (χ1n) is 5.63. The van der Waals surface area contributed by atoms with E-state index in [0.717, 1.165) is 6.07 Å². The van der Waals surface area contributed by atoms with Gasteiger partial charge in [-0.3, -0.25) is 0 Å². The van der Waals surface area contributed by atoms with Crippen LogP contribution in [-0.2, 0) is 10.0 Å². The van der Waals surface area contributed by atoms with Gasteiger partial charge in [0.15, 0.2) is 0 Å². The molecule has 0 amide bonds. The lowest BCUT2D eigenvalue weighted by molar-refractivity contribution is 0.0696. The highest BCUT2D eigenvalue weighted by atomic mass is 32.2. The third kappa shape index (κ3) is 4.05. The van der Waals surface area contributed by atoms with Gasteiger partial charge in [-0.25, -0.2) is 17.9 Å². The van der Waals surface area contributed by atoms with Gasteiger partial charge in [0.25, 0.3) is 0 Å². The van der Waals surface area contributed by atoms with Crippen LogP contribution in [0.5, 0.6) is 0 Å². The van der Waals surface area contributed by atoms with Crippen molar-refractivity contribution in [3.63, 3.8) is 0 Å². The Morgan fingerprint density at radius 2 is 2.21 bits per heavy atom. The molecule has 102 valence electrons. The smallest absolute Gasteiger partial charge is 0.335 e. The number of nitrogens with one attached hydrogen (secondary N) is 1. The molecule has 19 heavy (non-hydrogen) atoms. The average Bonchev–Trinajstić information content (AvgIpc) is 2.38. The lowest BCUT2D eigenvalue weighted by Crippen LogP contribution is -2.34. The van der Waals surface area contributed by atoms with Crippen LogP contribution in [0.25, 0.3) is 0 Å². The van der Waals surface area contributed by atoms with Crippen LogP contribution in [0.1, 0.15) is 30.1 Å². The van der Waals surface area contributed by atoms with Gasteiger partial charge in [0, 0.05) is 6.04 Å². The van der Waals surface area contributed by atoms with E-state index in [4.69, 9.17) is 10.4 Å². The Hall–Kier alpha value is -1.91. The predicted octanol–water partition coefficient (Wildman–Crippen LogP) is 1.36. The Morgan fingerprint density at radius 1 is 1.53 bits per heavy atom. The minimum Gasteiger partial charge on any atom is -0.478 e. The molecule has 0 spiro atoms. The summed E-state index contributed by atoms with van der Waals surface area (Å²) in [6.45, 7) is 1.76. The zero-order chi connectivity index (χ0) is 14.5. The van der Waals surface area contributed by atoms with Crippen molar-refractivity contribution < 1.29 is 18.3 Å². The van der Waals surface area contributed by atoms with Crippen molar-refractivity contribution in [2.45, 2.75) is 30.7 Å². The molecule has 6 nitrogen and oxygen atoms in total. The molecule has 0 aliphatic rings. The van der Waals surface area contributed by atoms with E-state index < -0.39 is 22.0 Å². The van der Waals surface area contributed by atoms with Crippen molar-refractivity contribution in [1.82, 2.24) is 4.72 Å². The Balaban J connectivity index is 3.03. The number of aromatic carboxylic acids is 1. The zero-order valence-corrected chi connectivity index (χ0v) is 11.1. The third-order valence-electron chi connectivity index (χ3n) is 2.54. The number of carbonyl (C=O) groups is 1. The third-order valence-corrected chi connectivity index (χ3v) is 4.06. The predicted molar refractivity (Wildman–Crippen MR) is 68.0 cm³/mol. The Kier molecular flexibility index (Phi) is 5.03. The number of carboxylic acid groups (broad SMARTS) is 1. The number of hydrogen-bond donors (Lipinski definition) is 2. The maximum absolute atomic E-state index is 12.0. The molecule has 0 heterocycles. The molecule has 1 aromatic rings. The van der Waals surface area contributed by atoms with E-state index in [2.05, 4.69) is 4.72 Å². The minimum atomic E-state index is -3.81. The van der Waals surface area contributed by atoms with E-state index >= 15 is 0 Å². The highest BCUT2D eigenvalue weighted by Crippen LogP contribution is 2.13. The molecule has 1 unspecified atom stereocenters. The van der Waals surface area contributed by atoms with Gasteiger partial charge < -0.3 is 5.11 Å². The van der Waals surface area contributed by atoms with Crippen LogP contribution in [0.15, 0.2) is 29.2 Å². The molecule has 0 aliphatic carbocycles. The highest BCUT2D eigenvalue weighted by Gasteiger charge is 2.19. The molecule has 7 heteroatoms. The lowest BCUT2D eigenvalue weighted by atomic mass is 10.2. The molecule has 0 radical (unpaired) electrons. The molecule has 0 saturated carbocycles. The maximum Gasteiger partial charge on any atom is 0.335 e. The molecule has 0 saturated heterocycles. The summed E-state index contributed by atoms with van der Waals surface area (Å²) in [6, 6.07) is 6.50. The number of sulfonamides is 1. The minimum absolute atomic E-state index is 0.0638. The molecule has 0 aromatic heterocycles. The van der Waals surface area contributed by atoms with Crippen molar-refractivity contribution in [2.24, 2.45) is 0 Å². The first-order valence-corrected chi connectivity index (χ1v) is 7.11. The number of nitrogens with zero attached hydrogens (tertiary/aromatic N) is 1. The van der Waals surface area contributed by atoms with Crippen molar-refractivity contribution in [2.75, 3.05) is 0 Å². The van der Waals surface area contributed by atoms with Gasteiger partial charge in [0.2, 0.25) is 10.0 Å². The van der Waals surface area contributed by atoms with Crippen molar-refractivity contribution in [1.29, 1.82) is 5.26 Å². The fourth-order valence-corrected chi connectivity index (χ4v) is 2.83. The molecule has 2 N–H and O–H groups in total. The summed E-state index contributed by atoms with van der Waals surface area (Å²) in [6.07, 6.45) is 0.541. The van der Waals surface area contributed by atoms with Gasteiger partial charge in [-0.2, -0.15) is 5.26 Å². The summed E-state index contributed by atoms with van der Waals surface area (Å²) in [7, 11) is -3.81. The van der Waals surface area contributed by atoms with Crippen LogP contribution in [-0.4, -0.2) is 25.5 Å². The fourth-order valence-electron chi connectivity index (χ4n) is 1.46. The Morgan fingerprint density at radius 3 is 2.74 bits per heavy atom. The standard InChI is InChI=1S/C12H14N2O4S/c1-2-10(6-7-13)14-19(17,18)11-5-3-4-9(8-11)12(15)16/h3-5,8,10,14H,2,6H2,1H3,(H,15,16). The summed E-state index contributed by atoms with van der Waals surface area (Å²) in [5.74, 6) is -1.19. The fraction of sp³-hybridized carbons (Fsp3) is 0.333. The molecule has 0 aliphatic heterocycles. The molecular formula is C12H14N2O4S. The van der Waals surface area contributed by atoms with Crippen LogP contribution in [0, 0.1) is 11.3 Å². The lowest BCUT2D eigenvalue weighted by Gasteiger charge is -2.14. The van der Waals surface area contributed by atoms with Crippen LogP contribution < -0.4 is 4.72 Å².